The van der Waals surface area contributed by atoms with Crippen LogP contribution < -0.4 is 10.8 Å². The smallest absolute Gasteiger partial charge is 0.231 e. The van der Waals surface area contributed by atoms with Crippen LogP contribution in [0, 0.1) is 12.3 Å². The van der Waals surface area contributed by atoms with Gasteiger partial charge in [0, 0.05) is 18.3 Å². The normalized spacial score (nSPS) is 13.2. The third kappa shape index (κ3) is 4.42. The number of hydrogen-bond acceptors (Lipinski definition) is 4. The van der Waals surface area contributed by atoms with E-state index in [0.29, 0.717) is 18.0 Å². The Bertz CT molecular complexity index is 1490. The van der Waals surface area contributed by atoms with Gasteiger partial charge < -0.3 is 5.32 Å². The fourth-order valence-electron chi connectivity index (χ4n) is 4.56. The SMILES string of the molecule is C=C(C)c1ccc(C2=Nc3nc(CNc4ccc5ccccc5c4)cc(=N)n3CCC2)cc1C. The number of aromatic nitrogens is 2. The van der Waals surface area contributed by atoms with Crippen LogP contribution in [0.3, 0.4) is 0 Å². The van der Waals surface area contributed by atoms with Crippen LogP contribution in [-0.4, -0.2) is 15.3 Å². The predicted molar refractivity (Wildman–Crippen MR) is 141 cm³/mol. The molecule has 5 rings (SSSR count). The van der Waals surface area contributed by atoms with Gasteiger partial charge in [-0.15, -0.1) is 0 Å². The van der Waals surface area contributed by atoms with Crippen molar-refractivity contribution in [3.63, 3.8) is 0 Å². The molecular formula is C29H29N5. The molecule has 0 unspecified atom stereocenters. The van der Waals surface area contributed by atoms with E-state index in [9.17, 15) is 0 Å². The number of nitrogens with zero attached hydrogens (tertiary/aromatic N) is 3. The third-order valence-corrected chi connectivity index (χ3v) is 6.35. The summed E-state index contributed by atoms with van der Waals surface area (Å²) in [5.41, 5.74) is 7.87. The molecule has 0 aliphatic carbocycles. The van der Waals surface area contributed by atoms with Crippen LogP contribution in [0.1, 0.15) is 42.1 Å². The summed E-state index contributed by atoms with van der Waals surface area (Å²) in [6.07, 6.45) is 1.79. The molecule has 1 aliphatic heterocycles. The molecule has 2 heterocycles. The summed E-state index contributed by atoms with van der Waals surface area (Å²) in [5.74, 6) is 0.608. The van der Waals surface area contributed by atoms with Crippen LogP contribution in [-0.2, 0) is 13.1 Å². The van der Waals surface area contributed by atoms with Crippen molar-refractivity contribution in [2.45, 2.75) is 39.8 Å². The highest BCUT2D eigenvalue weighted by atomic mass is 15.2. The van der Waals surface area contributed by atoms with E-state index in [2.05, 4.69) is 67.4 Å². The number of benzene rings is 3. The van der Waals surface area contributed by atoms with Gasteiger partial charge in [0.15, 0.2) is 0 Å². The Morgan fingerprint density at radius 1 is 1.06 bits per heavy atom. The van der Waals surface area contributed by atoms with Gasteiger partial charge in [-0.2, -0.15) is 0 Å². The summed E-state index contributed by atoms with van der Waals surface area (Å²) in [4.78, 5) is 9.78. The Hall–Kier alpha value is -3.99. The molecule has 1 aliphatic rings. The minimum atomic E-state index is 0.444. The quantitative estimate of drug-likeness (QED) is 0.373. The monoisotopic (exact) mass is 447 g/mol. The lowest BCUT2D eigenvalue weighted by Crippen LogP contribution is -2.22. The first-order valence-corrected chi connectivity index (χ1v) is 11.7. The van der Waals surface area contributed by atoms with E-state index < -0.39 is 0 Å². The number of hydrogen-bond donors (Lipinski definition) is 2. The van der Waals surface area contributed by atoms with Crippen molar-refractivity contribution in [3.8, 4) is 0 Å². The fraction of sp³-hybridized carbons (Fsp3) is 0.207. The van der Waals surface area contributed by atoms with E-state index in [1.54, 1.807) is 0 Å². The molecule has 0 saturated heterocycles. The van der Waals surface area contributed by atoms with Gasteiger partial charge in [-0.05, 0) is 72.4 Å². The van der Waals surface area contributed by atoms with E-state index in [0.717, 1.165) is 47.6 Å². The van der Waals surface area contributed by atoms with Crippen molar-refractivity contribution in [3.05, 3.63) is 101 Å². The number of aliphatic imine (C=N–C) groups is 1. The molecule has 0 fully saturated rings. The molecule has 0 amide bonds. The van der Waals surface area contributed by atoms with Crippen molar-refractivity contribution in [2.24, 2.45) is 4.99 Å². The maximum Gasteiger partial charge on any atom is 0.231 e. The summed E-state index contributed by atoms with van der Waals surface area (Å²) in [6, 6.07) is 22.9. The first-order chi connectivity index (χ1) is 16.5. The van der Waals surface area contributed by atoms with Gasteiger partial charge in [0.05, 0.1) is 18.0 Å². The highest BCUT2D eigenvalue weighted by molar-refractivity contribution is 6.02. The number of allylic oxidation sites excluding steroid dienone is 1. The van der Waals surface area contributed by atoms with Gasteiger partial charge in [0.2, 0.25) is 5.95 Å². The maximum atomic E-state index is 8.57. The molecule has 3 aromatic carbocycles. The van der Waals surface area contributed by atoms with E-state index in [4.69, 9.17) is 15.4 Å². The lowest BCUT2D eigenvalue weighted by atomic mass is 9.97. The summed E-state index contributed by atoms with van der Waals surface area (Å²) in [5, 5.41) is 14.4. The number of anilines is 1. The minimum absolute atomic E-state index is 0.444. The minimum Gasteiger partial charge on any atom is -0.379 e. The molecule has 5 nitrogen and oxygen atoms in total. The van der Waals surface area contributed by atoms with Crippen LogP contribution in [0.5, 0.6) is 0 Å². The van der Waals surface area contributed by atoms with Crippen LogP contribution in [0.4, 0.5) is 11.6 Å². The third-order valence-electron chi connectivity index (χ3n) is 6.35. The summed E-state index contributed by atoms with van der Waals surface area (Å²) in [7, 11) is 0. The van der Waals surface area contributed by atoms with Gasteiger partial charge in [0.1, 0.15) is 5.49 Å². The van der Waals surface area contributed by atoms with E-state index in [1.807, 2.05) is 29.7 Å². The van der Waals surface area contributed by atoms with Crippen LogP contribution in [0.25, 0.3) is 16.3 Å². The average Bonchev–Trinajstić information content (AvgIpc) is 3.05. The van der Waals surface area contributed by atoms with Crippen LogP contribution in [0.15, 0.2) is 78.3 Å². The number of fused-ring (bicyclic) bond motifs is 2. The maximum absolute atomic E-state index is 8.57. The topological polar surface area (TPSA) is 66.1 Å². The second-order valence-corrected chi connectivity index (χ2v) is 8.97. The molecule has 1 aromatic heterocycles. The van der Waals surface area contributed by atoms with Gasteiger partial charge in [0.25, 0.3) is 0 Å². The molecule has 0 atom stereocenters. The zero-order valence-electron chi connectivity index (χ0n) is 19.7. The first kappa shape index (κ1) is 21.8. The van der Waals surface area contributed by atoms with E-state index >= 15 is 0 Å². The van der Waals surface area contributed by atoms with Crippen molar-refractivity contribution < 1.29 is 0 Å². The van der Waals surface area contributed by atoms with Crippen LogP contribution >= 0.6 is 0 Å². The van der Waals surface area contributed by atoms with Crippen molar-refractivity contribution in [1.29, 1.82) is 5.41 Å². The Labute approximate surface area is 200 Å². The molecular weight excluding hydrogens is 418 g/mol. The van der Waals surface area contributed by atoms with Gasteiger partial charge >= 0.3 is 0 Å². The van der Waals surface area contributed by atoms with Crippen molar-refractivity contribution in [2.75, 3.05) is 5.32 Å². The molecule has 2 N–H and O–H groups in total. The largest absolute Gasteiger partial charge is 0.379 e. The second kappa shape index (κ2) is 9.10. The highest BCUT2D eigenvalue weighted by Crippen LogP contribution is 2.24. The van der Waals surface area contributed by atoms with Crippen molar-refractivity contribution in [1.82, 2.24) is 9.55 Å². The molecule has 5 heteroatoms. The van der Waals surface area contributed by atoms with Gasteiger partial charge in [-0.25, -0.2) is 9.98 Å². The number of rotatable bonds is 5. The standard InChI is InChI=1S/C29H29N5/c1-19(2)26-13-11-23(15-20(26)3)27-9-6-14-34-28(30)17-25(32-29(34)33-27)18-31-24-12-10-21-7-4-5-8-22(21)16-24/h4-5,7-8,10-13,15-17,30-31H,1,6,9,14,18H2,2-3H3. The summed E-state index contributed by atoms with van der Waals surface area (Å²) < 4.78 is 1.90. The summed E-state index contributed by atoms with van der Waals surface area (Å²) >= 11 is 0. The number of nitrogens with one attached hydrogen (secondary N) is 2. The Morgan fingerprint density at radius 3 is 2.68 bits per heavy atom. The fourth-order valence-corrected chi connectivity index (χ4v) is 4.56. The highest BCUT2D eigenvalue weighted by Gasteiger charge is 2.15. The van der Waals surface area contributed by atoms with E-state index in [-0.39, 0.29) is 0 Å². The zero-order valence-corrected chi connectivity index (χ0v) is 19.7. The second-order valence-electron chi connectivity index (χ2n) is 8.97. The van der Waals surface area contributed by atoms with Gasteiger partial charge in [-0.1, -0.05) is 54.6 Å². The van der Waals surface area contributed by atoms with Crippen LogP contribution in [0.2, 0.25) is 0 Å². The van der Waals surface area contributed by atoms with E-state index in [1.165, 1.54) is 21.9 Å². The lowest BCUT2D eigenvalue weighted by molar-refractivity contribution is 0.622. The molecule has 34 heavy (non-hydrogen) atoms. The molecule has 170 valence electrons. The molecule has 0 bridgehead atoms. The molecule has 0 saturated carbocycles. The zero-order chi connectivity index (χ0) is 23.7. The lowest BCUT2D eigenvalue weighted by Gasteiger charge is -2.12. The number of aryl methyl sites for hydroxylation is 1. The predicted octanol–water partition coefficient (Wildman–Crippen LogP) is 6.38. The molecule has 0 radical (unpaired) electrons. The first-order valence-electron chi connectivity index (χ1n) is 11.7. The Balaban J connectivity index is 1.43. The van der Waals surface area contributed by atoms with Crippen molar-refractivity contribution >= 4 is 33.7 Å². The Kier molecular flexibility index (Phi) is 5.84. The average molecular weight is 448 g/mol. The molecule has 0 spiro atoms. The van der Waals surface area contributed by atoms with Gasteiger partial charge in [-0.3, -0.25) is 9.98 Å². The molecule has 4 aromatic rings. The Morgan fingerprint density at radius 2 is 1.88 bits per heavy atom. The summed E-state index contributed by atoms with van der Waals surface area (Å²) in [6.45, 7) is 9.51.